The quantitative estimate of drug-likeness (QED) is 0.813. The van der Waals surface area contributed by atoms with Crippen LogP contribution in [0.1, 0.15) is 19.8 Å². The minimum atomic E-state index is -0.307. The smallest absolute Gasteiger partial charge is 0.314 e. The summed E-state index contributed by atoms with van der Waals surface area (Å²) >= 11 is 0. The zero-order valence-electron chi connectivity index (χ0n) is 10.7. The van der Waals surface area contributed by atoms with E-state index in [1.54, 1.807) is 11.1 Å². The Labute approximate surface area is 107 Å². The molecule has 3 N–H and O–H groups in total. The van der Waals surface area contributed by atoms with Gasteiger partial charge < -0.3 is 16.0 Å². The van der Waals surface area contributed by atoms with E-state index in [2.05, 4.69) is 17.3 Å². The number of carbonyl (C=O) groups excluding carboxylic acids is 1. The Morgan fingerprint density at radius 1 is 1.56 bits per heavy atom. The first-order chi connectivity index (χ1) is 8.65. The Hall–Kier alpha value is -1.56. The number of primary amides is 1. The van der Waals surface area contributed by atoms with Crippen molar-refractivity contribution < 1.29 is 4.79 Å². The molecule has 6 nitrogen and oxygen atoms in total. The fourth-order valence-corrected chi connectivity index (χ4v) is 2.41. The molecule has 0 saturated carbocycles. The summed E-state index contributed by atoms with van der Waals surface area (Å²) in [5.41, 5.74) is 5.26. The molecule has 0 radical (unpaired) electrons. The molecule has 1 atom stereocenters. The number of hydrogen-bond acceptors (Lipinski definition) is 3. The van der Waals surface area contributed by atoms with Gasteiger partial charge >= 0.3 is 6.03 Å². The summed E-state index contributed by atoms with van der Waals surface area (Å²) in [5.74, 6) is 0. The Kier molecular flexibility index (Phi) is 4.19. The van der Waals surface area contributed by atoms with Crippen molar-refractivity contribution in [1.29, 1.82) is 0 Å². The molecule has 2 amide bonds. The lowest BCUT2D eigenvalue weighted by Gasteiger charge is -2.33. The van der Waals surface area contributed by atoms with Gasteiger partial charge in [0.05, 0.1) is 6.54 Å². The average molecular weight is 251 g/mol. The predicted octanol–water partition coefficient (Wildman–Crippen LogP) is 0.404. The second-order valence-corrected chi connectivity index (χ2v) is 4.90. The minimum absolute atomic E-state index is 0.307. The van der Waals surface area contributed by atoms with Crippen molar-refractivity contribution in [2.75, 3.05) is 13.1 Å². The van der Waals surface area contributed by atoms with Gasteiger partial charge in [-0.3, -0.25) is 4.68 Å². The number of nitrogens with one attached hydrogen (secondary N) is 1. The van der Waals surface area contributed by atoms with E-state index >= 15 is 0 Å². The van der Waals surface area contributed by atoms with Crippen LogP contribution in [0, 0.1) is 0 Å². The summed E-state index contributed by atoms with van der Waals surface area (Å²) in [6.45, 7) is 4.52. The fourth-order valence-electron chi connectivity index (χ4n) is 2.41. The number of amides is 2. The average Bonchev–Trinajstić information content (AvgIpc) is 2.82. The van der Waals surface area contributed by atoms with Crippen molar-refractivity contribution in [2.24, 2.45) is 5.73 Å². The maximum Gasteiger partial charge on any atom is 0.314 e. The third-order valence-electron chi connectivity index (χ3n) is 3.35. The summed E-state index contributed by atoms with van der Waals surface area (Å²) in [4.78, 5) is 12.7. The standard InChI is InChI=1S/C12H21N5O/c1-10(9-17-6-2-5-14-17)15-11-3-7-16(8-4-11)12(13)18/h2,5-6,10-11,15H,3-4,7-9H2,1H3,(H2,13,18). The molecule has 100 valence electrons. The molecule has 1 saturated heterocycles. The highest BCUT2D eigenvalue weighted by Gasteiger charge is 2.22. The number of nitrogens with zero attached hydrogens (tertiary/aromatic N) is 3. The Balaban J connectivity index is 1.72. The molecule has 1 aliphatic heterocycles. The number of likely N-dealkylation sites (tertiary alicyclic amines) is 1. The van der Waals surface area contributed by atoms with Crippen molar-refractivity contribution in [1.82, 2.24) is 20.0 Å². The highest BCUT2D eigenvalue weighted by atomic mass is 16.2. The van der Waals surface area contributed by atoms with Crippen molar-refractivity contribution >= 4 is 6.03 Å². The number of carbonyl (C=O) groups is 1. The van der Waals surface area contributed by atoms with Gasteiger partial charge in [0, 0.05) is 37.6 Å². The van der Waals surface area contributed by atoms with Crippen LogP contribution in [0.15, 0.2) is 18.5 Å². The summed E-state index contributed by atoms with van der Waals surface area (Å²) < 4.78 is 1.93. The molecular formula is C12H21N5O. The van der Waals surface area contributed by atoms with E-state index in [4.69, 9.17) is 5.73 Å². The first-order valence-electron chi connectivity index (χ1n) is 6.43. The van der Waals surface area contributed by atoms with Crippen LogP contribution in [0.2, 0.25) is 0 Å². The third-order valence-corrected chi connectivity index (χ3v) is 3.35. The van der Waals surface area contributed by atoms with Gasteiger partial charge in [0.2, 0.25) is 0 Å². The van der Waals surface area contributed by atoms with Gasteiger partial charge in [0.1, 0.15) is 0 Å². The van der Waals surface area contributed by atoms with Gasteiger partial charge in [-0.15, -0.1) is 0 Å². The monoisotopic (exact) mass is 251 g/mol. The van der Waals surface area contributed by atoms with Gasteiger partial charge in [0.15, 0.2) is 0 Å². The number of hydrogen-bond donors (Lipinski definition) is 2. The van der Waals surface area contributed by atoms with Crippen molar-refractivity contribution in [3.8, 4) is 0 Å². The van der Waals surface area contributed by atoms with Crippen molar-refractivity contribution in [3.63, 3.8) is 0 Å². The van der Waals surface area contributed by atoms with Crippen LogP contribution in [-0.2, 0) is 6.54 Å². The van der Waals surface area contributed by atoms with E-state index in [9.17, 15) is 4.79 Å². The van der Waals surface area contributed by atoms with Crippen LogP contribution in [-0.4, -0.2) is 45.9 Å². The van der Waals surface area contributed by atoms with E-state index in [1.165, 1.54) is 0 Å². The first kappa shape index (κ1) is 12.9. The molecule has 2 rings (SSSR count). The van der Waals surface area contributed by atoms with E-state index in [1.807, 2.05) is 16.9 Å². The minimum Gasteiger partial charge on any atom is -0.351 e. The van der Waals surface area contributed by atoms with Crippen molar-refractivity contribution in [2.45, 2.75) is 38.4 Å². The van der Waals surface area contributed by atoms with Crippen LogP contribution in [0.25, 0.3) is 0 Å². The molecule has 1 fully saturated rings. The molecule has 0 aliphatic carbocycles. The van der Waals surface area contributed by atoms with E-state index in [0.29, 0.717) is 12.1 Å². The number of aromatic nitrogens is 2. The van der Waals surface area contributed by atoms with Gasteiger partial charge in [-0.1, -0.05) is 0 Å². The molecule has 1 aliphatic rings. The molecule has 6 heteroatoms. The topological polar surface area (TPSA) is 76.2 Å². The maximum absolute atomic E-state index is 11.0. The lowest BCUT2D eigenvalue weighted by molar-refractivity contribution is 0.181. The van der Waals surface area contributed by atoms with Crippen LogP contribution < -0.4 is 11.1 Å². The zero-order chi connectivity index (χ0) is 13.0. The molecular weight excluding hydrogens is 230 g/mol. The SMILES string of the molecule is CC(Cn1cccn1)NC1CCN(C(N)=O)CC1. The van der Waals surface area contributed by atoms with E-state index in [0.717, 1.165) is 32.5 Å². The van der Waals surface area contributed by atoms with Gasteiger partial charge in [-0.2, -0.15) is 5.10 Å². The Morgan fingerprint density at radius 3 is 2.83 bits per heavy atom. The van der Waals surface area contributed by atoms with Crippen LogP contribution in [0.5, 0.6) is 0 Å². The molecule has 18 heavy (non-hydrogen) atoms. The van der Waals surface area contributed by atoms with Gasteiger partial charge in [-0.05, 0) is 25.8 Å². The normalized spacial score (nSPS) is 18.8. The van der Waals surface area contributed by atoms with Crippen LogP contribution in [0.3, 0.4) is 0 Å². The van der Waals surface area contributed by atoms with Gasteiger partial charge in [-0.25, -0.2) is 4.79 Å². The molecule has 0 spiro atoms. The predicted molar refractivity (Wildman–Crippen MR) is 69.0 cm³/mol. The summed E-state index contributed by atoms with van der Waals surface area (Å²) in [6.07, 6.45) is 5.69. The van der Waals surface area contributed by atoms with Crippen molar-refractivity contribution in [3.05, 3.63) is 18.5 Å². The summed E-state index contributed by atoms with van der Waals surface area (Å²) in [6, 6.07) is 2.46. The largest absolute Gasteiger partial charge is 0.351 e. The second-order valence-electron chi connectivity index (χ2n) is 4.90. The fraction of sp³-hybridized carbons (Fsp3) is 0.667. The highest BCUT2D eigenvalue weighted by Crippen LogP contribution is 2.10. The molecule has 1 aromatic heterocycles. The highest BCUT2D eigenvalue weighted by molar-refractivity contribution is 5.72. The summed E-state index contributed by atoms with van der Waals surface area (Å²) in [5, 5.41) is 7.77. The zero-order valence-corrected chi connectivity index (χ0v) is 10.7. The molecule has 0 bridgehead atoms. The number of rotatable bonds is 4. The molecule has 2 heterocycles. The molecule has 1 aromatic rings. The maximum atomic E-state index is 11.0. The molecule has 0 aromatic carbocycles. The van der Waals surface area contributed by atoms with Crippen LogP contribution >= 0.6 is 0 Å². The lowest BCUT2D eigenvalue weighted by atomic mass is 10.0. The molecule has 1 unspecified atom stereocenters. The Bertz CT molecular complexity index is 370. The first-order valence-corrected chi connectivity index (χ1v) is 6.43. The third kappa shape index (κ3) is 3.46. The second kappa shape index (κ2) is 5.86. The summed E-state index contributed by atoms with van der Waals surface area (Å²) in [7, 11) is 0. The number of urea groups is 1. The number of nitrogens with two attached hydrogens (primary N) is 1. The van der Waals surface area contributed by atoms with Crippen LogP contribution in [0.4, 0.5) is 4.79 Å². The van der Waals surface area contributed by atoms with E-state index in [-0.39, 0.29) is 6.03 Å². The Morgan fingerprint density at radius 2 is 2.28 bits per heavy atom. The van der Waals surface area contributed by atoms with Gasteiger partial charge in [0.25, 0.3) is 0 Å². The lowest BCUT2D eigenvalue weighted by Crippen LogP contribution is -2.49. The van der Waals surface area contributed by atoms with E-state index < -0.39 is 0 Å². The number of piperidine rings is 1.